The lowest BCUT2D eigenvalue weighted by Gasteiger charge is -2.33. The van der Waals surface area contributed by atoms with Gasteiger partial charge in [0.1, 0.15) is 0 Å². The molecule has 0 aromatic rings. The van der Waals surface area contributed by atoms with Gasteiger partial charge in [0.15, 0.2) is 0 Å². The van der Waals surface area contributed by atoms with E-state index in [1.807, 2.05) is 0 Å². The lowest BCUT2D eigenvalue weighted by atomic mass is 10.1. The van der Waals surface area contributed by atoms with Crippen LogP contribution in [0.4, 0.5) is 0 Å². The van der Waals surface area contributed by atoms with Gasteiger partial charge in [-0.2, -0.15) is 17.0 Å². The molecule has 0 aliphatic carbocycles. The molecule has 1 aliphatic rings. The summed E-state index contributed by atoms with van der Waals surface area (Å²) in [5.41, 5.74) is 0. The highest BCUT2D eigenvalue weighted by Gasteiger charge is 2.29. The van der Waals surface area contributed by atoms with E-state index in [0.29, 0.717) is 32.4 Å². The van der Waals surface area contributed by atoms with Crippen LogP contribution in [0.2, 0.25) is 0 Å². The standard InChI is InChI=1S/C10H21N3O3S/c1-4-10(14)11-9-5-7-13(8-6-9)17(15,16)12(2)3/h9H,4-8H2,1-3H3,(H,11,14). The van der Waals surface area contributed by atoms with Crippen LogP contribution in [0.1, 0.15) is 26.2 Å². The van der Waals surface area contributed by atoms with Crippen molar-refractivity contribution in [3.8, 4) is 0 Å². The first-order valence-electron chi connectivity index (χ1n) is 5.85. The highest BCUT2D eigenvalue weighted by molar-refractivity contribution is 7.86. The summed E-state index contributed by atoms with van der Waals surface area (Å²) in [6.45, 7) is 2.74. The molecule has 1 amide bonds. The molecule has 1 saturated heterocycles. The minimum atomic E-state index is -3.30. The minimum Gasteiger partial charge on any atom is -0.353 e. The number of hydrogen-bond acceptors (Lipinski definition) is 3. The zero-order chi connectivity index (χ0) is 13.1. The highest BCUT2D eigenvalue weighted by Crippen LogP contribution is 2.15. The molecule has 17 heavy (non-hydrogen) atoms. The fraction of sp³-hybridized carbons (Fsp3) is 0.900. The van der Waals surface area contributed by atoms with Gasteiger partial charge in [-0.05, 0) is 12.8 Å². The number of piperidine rings is 1. The molecule has 1 rings (SSSR count). The molecule has 0 saturated carbocycles. The van der Waals surface area contributed by atoms with E-state index in [2.05, 4.69) is 5.32 Å². The molecule has 100 valence electrons. The van der Waals surface area contributed by atoms with Crippen molar-refractivity contribution in [2.24, 2.45) is 0 Å². The summed E-state index contributed by atoms with van der Waals surface area (Å²) in [4.78, 5) is 11.2. The third-order valence-electron chi connectivity index (χ3n) is 2.93. The second-order valence-electron chi connectivity index (χ2n) is 4.38. The number of nitrogens with one attached hydrogen (secondary N) is 1. The van der Waals surface area contributed by atoms with Crippen molar-refractivity contribution < 1.29 is 13.2 Å². The average molecular weight is 263 g/mol. The Bertz CT molecular complexity index is 359. The maximum atomic E-state index is 11.8. The van der Waals surface area contributed by atoms with Crippen LogP contribution in [0.25, 0.3) is 0 Å². The van der Waals surface area contributed by atoms with E-state index < -0.39 is 10.2 Å². The zero-order valence-corrected chi connectivity index (χ0v) is 11.5. The van der Waals surface area contributed by atoms with E-state index in [-0.39, 0.29) is 11.9 Å². The summed E-state index contributed by atoms with van der Waals surface area (Å²) in [5.74, 6) is 0.0268. The molecule has 1 N–H and O–H groups in total. The van der Waals surface area contributed by atoms with Crippen LogP contribution in [0.15, 0.2) is 0 Å². The lowest BCUT2D eigenvalue weighted by Crippen LogP contribution is -2.49. The van der Waals surface area contributed by atoms with Crippen molar-refractivity contribution in [2.45, 2.75) is 32.2 Å². The predicted molar refractivity (Wildman–Crippen MR) is 65.6 cm³/mol. The third kappa shape index (κ3) is 3.65. The summed E-state index contributed by atoms with van der Waals surface area (Å²) in [6, 6.07) is 0.107. The molecule has 0 radical (unpaired) electrons. The molecule has 0 spiro atoms. The normalized spacial score (nSPS) is 19.5. The topological polar surface area (TPSA) is 69.7 Å². The minimum absolute atomic E-state index is 0.0268. The molecule has 6 nitrogen and oxygen atoms in total. The molecule has 7 heteroatoms. The van der Waals surface area contributed by atoms with Gasteiger partial charge in [-0.25, -0.2) is 0 Å². The van der Waals surface area contributed by atoms with Gasteiger partial charge in [0.05, 0.1) is 0 Å². The van der Waals surface area contributed by atoms with Crippen molar-refractivity contribution in [1.29, 1.82) is 0 Å². The number of carbonyl (C=O) groups excluding carboxylic acids is 1. The van der Waals surface area contributed by atoms with Gasteiger partial charge in [-0.15, -0.1) is 0 Å². The molecular weight excluding hydrogens is 242 g/mol. The largest absolute Gasteiger partial charge is 0.353 e. The van der Waals surface area contributed by atoms with Gasteiger partial charge in [0.25, 0.3) is 10.2 Å². The first-order valence-corrected chi connectivity index (χ1v) is 7.24. The summed E-state index contributed by atoms with van der Waals surface area (Å²) in [5, 5.41) is 2.90. The smallest absolute Gasteiger partial charge is 0.281 e. The van der Waals surface area contributed by atoms with E-state index >= 15 is 0 Å². The Kier molecular flexibility index (Phi) is 4.91. The lowest BCUT2D eigenvalue weighted by molar-refractivity contribution is -0.121. The van der Waals surface area contributed by atoms with Gasteiger partial charge in [0, 0.05) is 39.6 Å². The van der Waals surface area contributed by atoms with Crippen molar-refractivity contribution >= 4 is 16.1 Å². The van der Waals surface area contributed by atoms with Crippen LogP contribution >= 0.6 is 0 Å². The van der Waals surface area contributed by atoms with Gasteiger partial charge in [-0.1, -0.05) is 6.92 Å². The fourth-order valence-corrected chi connectivity index (χ4v) is 2.93. The van der Waals surface area contributed by atoms with Crippen LogP contribution in [-0.4, -0.2) is 56.2 Å². The van der Waals surface area contributed by atoms with E-state index in [1.54, 1.807) is 6.92 Å². The Labute approximate surface area is 103 Å². The quantitative estimate of drug-likeness (QED) is 0.762. The van der Waals surface area contributed by atoms with Gasteiger partial charge in [-0.3, -0.25) is 4.79 Å². The number of rotatable bonds is 4. The summed E-state index contributed by atoms with van der Waals surface area (Å²) in [7, 11) is -0.247. The predicted octanol–water partition coefficient (Wildman–Crippen LogP) is -0.217. The maximum absolute atomic E-state index is 11.8. The maximum Gasteiger partial charge on any atom is 0.281 e. The summed E-state index contributed by atoms with van der Waals surface area (Å²) in [6.07, 6.45) is 1.83. The molecule has 1 fully saturated rings. The van der Waals surface area contributed by atoms with Gasteiger partial charge >= 0.3 is 0 Å². The molecule has 1 heterocycles. The Morgan fingerprint density at radius 3 is 2.29 bits per heavy atom. The molecule has 0 atom stereocenters. The van der Waals surface area contributed by atoms with Crippen LogP contribution < -0.4 is 5.32 Å². The van der Waals surface area contributed by atoms with Crippen molar-refractivity contribution in [1.82, 2.24) is 13.9 Å². The molecule has 0 aromatic heterocycles. The van der Waals surface area contributed by atoms with Crippen LogP contribution in [0, 0.1) is 0 Å². The number of nitrogens with zero attached hydrogens (tertiary/aromatic N) is 2. The Morgan fingerprint density at radius 1 is 1.35 bits per heavy atom. The molecule has 0 unspecified atom stereocenters. The van der Waals surface area contributed by atoms with Crippen molar-refractivity contribution in [3.63, 3.8) is 0 Å². The molecule has 0 aromatic carbocycles. The van der Waals surface area contributed by atoms with Gasteiger partial charge < -0.3 is 5.32 Å². The monoisotopic (exact) mass is 263 g/mol. The first kappa shape index (κ1) is 14.4. The Morgan fingerprint density at radius 2 is 1.88 bits per heavy atom. The summed E-state index contributed by atoms with van der Waals surface area (Å²) < 4.78 is 26.3. The second-order valence-corrected chi connectivity index (χ2v) is 6.53. The number of carbonyl (C=O) groups is 1. The summed E-state index contributed by atoms with van der Waals surface area (Å²) >= 11 is 0. The fourth-order valence-electron chi connectivity index (χ4n) is 1.79. The van der Waals surface area contributed by atoms with E-state index in [1.165, 1.54) is 22.7 Å². The van der Waals surface area contributed by atoms with Crippen molar-refractivity contribution in [2.75, 3.05) is 27.2 Å². The van der Waals surface area contributed by atoms with E-state index in [9.17, 15) is 13.2 Å². The van der Waals surface area contributed by atoms with Crippen LogP contribution in [-0.2, 0) is 15.0 Å². The highest BCUT2D eigenvalue weighted by atomic mass is 32.2. The molecule has 0 bridgehead atoms. The average Bonchev–Trinajstić information content (AvgIpc) is 2.29. The van der Waals surface area contributed by atoms with Crippen LogP contribution in [0.5, 0.6) is 0 Å². The molecule has 1 aliphatic heterocycles. The van der Waals surface area contributed by atoms with Crippen molar-refractivity contribution in [3.05, 3.63) is 0 Å². The Hall–Kier alpha value is -0.660. The van der Waals surface area contributed by atoms with E-state index in [0.717, 1.165) is 0 Å². The Balaban J connectivity index is 2.49. The second kappa shape index (κ2) is 5.79. The SMILES string of the molecule is CCC(=O)NC1CCN(S(=O)(=O)N(C)C)CC1. The van der Waals surface area contributed by atoms with Crippen LogP contribution in [0.3, 0.4) is 0 Å². The third-order valence-corrected chi connectivity index (χ3v) is 4.87. The first-order chi connectivity index (χ1) is 7.87. The van der Waals surface area contributed by atoms with E-state index in [4.69, 9.17) is 0 Å². The van der Waals surface area contributed by atoms with Gasteiger partial charge in [0.2, 0.25) is 5.91 Å². The number of hydrogen-bond donors (Lipinski definition) is 1. The zero-order valence-electron chi connectivity index (χ0n) is 10.6. The molecular formula is C10H21N3O3S. The number of amides is 1.